The van der Waals surface area contributed by atoms with E-state index in [1.54, 1.807) is 11.3 Å². The molecule has 0 spiro atoms. The van der Waals surface area contributed by atoms with Gasteiger partial charge in [0.1, 0.15) is 18.7 Å². The zero-order valence-corrected chi connectivity index (χ0v) is 20.4. The number of carboxylic acid groups (broad SMARTS) is 1. The maximum Gasteiger partial charge on any atom is 0.408 e. The number of benzene rings is 2. The van der Waals surface area contributed by atoms with Crippen molar-refractivity contribution in [2.45, 2.75) is 50.8 Å². The highest BCUT2D eigenvalue weighted by atomic mass is 32.1. The summed E-state index contributed by atoms with van der Waals surface area (Å²) in [6.07, 6.45) is 2.52. The number of thiophene rings is 1. The summed E-state index contributed by atoms with van der Waals surface area (Å²) in [6, 6.07) is 13.7. The maximum absolute atomic E-state index is 12.3. The third kappa shape index (κ3) is 7.80. The third-order valence-corrected chi connectivity index (χ3v) is 6.72. The van der Waals surface area contributed by atoms with E-state index in [0.29, 0.717) is 6.42 Å². The number of hydrogen-bond acceptors (Lipinski definition) is 7. The van der Waals surface area contributed by atoms with Crippen LogP contribution in [0.2, 0.25) is 0 Å². The predicted molar refractivity (Wildman–Crippen MR) is 134 cm³/mol. The number of hydrogen-bond donors (Lipinski definition) is 3. The van der Waals surface area contributed by atoms with Gasteiger partial charge in [0.05, 0.1) is 7.11 Å². The Labute approximate surface area is 208 Å². The van der Waals surface area contributed by atoms with Gasteiger partial charge in [0.25, 0.3) is 0 Å². The van der Waals surface area contributed by atoms with E-state index in [9.17, 15) is 19.5 Å². The van der Waals surface area contributed by atoms with Gasteiger partial charge in [-0.25, -0.2) is 9.59 Å². The minimum absolute atomic E-state index is 0.0355. The number of methoxy groups -OCH3 is 1. The lowest BCUT2D eigenvalue weighted by Gasteiger charge is -2.14. The molecule has 8 nitrogen and oxygen atoms in total. The Morgan fingerprint density at radius 2 is 1.77 bits per heavy atom. The molecule has 0 saturated carbocycles. The Hall–Kier alpha value is -3.43. The molecule has 0 unspecified atom stereocenters. The molecule has 4 N–H and O–H groups in total. The molecule has 0 fully saturated rings. The lowest BCUT2D eigenvalue weighted by molar-refractivity contribution is -0.142. The topological polar surface area (TPSA) is 128 Å². The zero-order valence-electron chi connectivity index (χ0n) is 19.6. The first-order valence-electron chi connectivity index (χ1n) is 11.4. The fourth-order valence-electron chi connectivity index (χ4n) is 3.71. The van der Waals surface area contributed by atoms with E-state index in [-0.39, 0.29) is 13.0 Å². The van der Waals surface area contributed by atoms with Gasteiger partial charge in [-0.1, -0.05) is 48.9 Å². The molecule has 2 aromatic carbocycles. The summed E-state index contributed by atoms with van der Waals surface area (Å²) in [5, 5.41) is 14.9. The van der Waals surface area contributed by atoms with E-state index in [4.69, 9.17) is 10.5 Å². The molecule has 0 aliphatic heterocycles. The standard InChI is InChI=1S/C26H30N2O6S/c1-33-25(31)21(27)8-4-2-6-17-10-12-18(13-11-17)15-34-26(32)28-22(24(29)30)14-19-16-35-23-9-5-3-7-20(19)23/h3,5,7,9-13,16,21-22H,2,4,6,8,14-15,27H2,1H3,(H,28,32)(H,29,30)/t21-,22-/m0/s1. The first kappa shape index (κ1) is 26.2. The van der Waals surface area contributed by atoms with E-state index in [2.05, 4.69) is 10.1 Å². The Kier molecular flexibility index (Phi) is 9.63. The van der Waals surface area contributed by atoms with Crippen LogP contribution < -0.4 is 11.1 Å². The molecule has 1 heterocycles. The van der Waals surface area contributed by atoms with Gasteiger partial charge in [0, 0.05) is 11.1 Å². The second-order valence-electron chi connectivity index (χ2n) is 8.26. The number of esters is 1. The number of ether oxygens (including phenoxy) is 2. The monoisotopic (exact) mass is 498 g/mol. The second-order valence-corrected chi connectivity index (χ2v) is 9.18. The third-order valence-electron chi connectivity index (χ3n) is 5.70. The number of rotatable bonds is 12. The van der Waals surface area contributed by atoms with E-state index >= 15 is 0 Å². The van der Waals surface area contributed by atoms with Gasteiger partial charge < -0.3 is 25.6 Å². The van der Waals surface area contributed by atoms with Gasteiger partial charge in [-0.3, -0.25) is 4.79 Å². The first-order chi connectivity index (χ1) is 16.9. The minimum atomic E-state index is -1.12. The average Bonchev–Trinajstić information content (AvgIpc) is 3.27. The number of nitrogens with two attached hydrogens (primary N) is 1. The van der Waals surface area contributed by atoms with Crippen LogP contribution >= 0.6 is 11.3 Å². The van der Waals surface area contributed by atoms with Crippen molar-refractivity contribution in [3.63, 3.8) is 0 Å². The number of unbranched alkanes of at least 4 members (excludes halogenated alkanes) is 1. The number of alkyl carbamates (subject to hydrolysis) is 1. The number of amides is 1. The van der Waals surface area contributed by atoms with Crippen LogP contribution in [-0.4, -0.2) is 42.3 Å². The molecule has 0 aliphatic rings. The van der Waals surface area contributed by atoms with E-state index < -0.39 is 30.1 Å². The summed E-state index contributed by atoms with van der Waals surface area (Å²) in [7, 11) is 1.33. The molecule has 3 aromatic rings. The lowest BCUT2D eigenvalue weighted by Crippen LogP contribution is -2.42. The van der Waals surface area contributed by atoms with Crippen molar-refractivity contribution >= 4 is 39.5 Å². The molecule has 2 atom stereocenters. The van der Waals surface area contributed by atoms with E-state index in [1.165, 1.54) is 7.11 Å². The van der Waals surface area contributed by atoms with Crippen molar-refractivity contribution in [1.82, 2.24) is 5.32 Å². The minimum Gasteiger partial charge on any atom is -0.480 e. The summed E-state index contributed by atoms with van der Waals surface area (Å²) in [4.78, 5) is 35.3. The molecular formula is C26H30N2O6S. The summed E-state index contributed by atoms with van der Waals surface area (Å²) < 4.78 is 10.9. The molecule has 0 aliphatic carbocycles. The summed E-state index contributed by atoms with van der Waals surface area (Å²) >= 11 is 1.54. The number of fused-ring (bicyclic) bond motifs is 1. The summed E-state index contributed by atoms with van der Waals surface area (Å²) in [5.41, 5.74) is 8.53. The average molecular weight is 499 g/mol. The molecule has 9 heteroatoms. The van der Waals surface area contributed by atoms with Crippen LogP contribution in [0.25, 0.3) is 10.1 Å². The van der Waals surface area contributed by atoms with Gasteiger partial charge >= 0.3 is 18.0 Å². The molecule has 1 amide bonds. The van der Waals surface area contributed by atoms with Crippen molar-refractivity contribution in [3.8, 4) is 0 Å². The number of carbonyl (C=O) groups excluding carboxylic acids is 2. The zero-order chi connectivity index (χ0) is 25.2. The molecule has 186 valence electrons. The van der Waals surface area contributed by atoms with Crippen LogP contribution in [0, 0.1) is 0 Å². The Morgan fingerprint density at radius 3 is 2.49 bits per heavy atom. The lowest BCUT2D eigenvalue weighted by atomic mass is 10.0. The second kappa shape index (κ2) is 12.9. The van der Waals surface area contributed by atoms with Crippen molar-refractivity contribution in [2.24, 2.45) is 5.73 Å². The highest BCUT2D eigenvalue weighted by Gasteiger charge is 2.22. The molecule has 3 rings (SSSR count). The van der Waals surface area contributed by atoms with Crippen molar-refractivity contribution < 1.29 is 29.0 Å². The number of nitrogens with one attached hydrogen (secondary N) is 1. The SMILES string of the molecule is COC(=O)[C@@H](N)CCCCc1ccc(COC(=O)N[C@@H](Cc2csc3ccccc23)C(=O)O)cc1. The van der Waals surface area contributed by atoms with Gasteiger partial charge in [-0.2, -0.15) is 0 Å². The fraction of sp³-hybridized carbons (Fsp3) is 0.346. The molecule has 0 bridgehead atoms. The first-order valence-corrected chi connectivity index (χ1v) is 12.3. The van der Waals surface area contributed by atoms with Crippen molar-refractivity contribution in [2.75, 3.05) is 7.11 Å². The van der Waals surface area contributed by atoms with Crippen LogP contribution in [0.15, 0.2) is 53.9 Å². The molecular weight excluding hydrogens is 468 g/mol. The normalized spacial score (nSPS) is 12.6. The summed E-state index contributed by atoms with van der Waals surface area (Å²) in [5.74, 6) is -1.51. The van der Waals surface area contributed by atoms with E-state index in [0.717, 1.165) is 46.0 Å². The van der Waals surface area contributed by atoms with E-state index in [1.807, 2.05) is 53.9 Å². The number of carbonyl (C=O) groups is 3. The van der Waals surface area contributed by atoms with Gasteiger partial charge in [0.2, 0.25) is 0 Å². The summed E-state index contributed by atoms with van der Waals surface area (Å²) in [6.45, 7) is 0.0355. The molecule has 0 saturated heterocycles. The predicted octanol–water partition coefficient (Wildman–Crippen LogP) is 4.04. The largest absolute Gasteiger partial charge is 0.480 e. The Bertz CT molecular complexity index is 1140. The van der Waals surface area contributed by atoms with Gasteiger partial charge in [-0.15, -0.1) is 11.3 Å². The highest BCUT2D eigenvalue weighted by molar-refractivity contribution is 7.17. The quantitative estimate of drug-likeness (QED) is 0.254. The van der Waals surface area contributed by atoms with Gasteiger partial charge in [-0.05, 0) is 52.8 Å². The van der Waals surface area contributed by atoms with Crippen LogP contribution in [0.1, 0.15) is 36.0 Å². The van der Waals surface area contributed by atoms with Crippen molar-refractivity contribution in [1.29, 1.82) is 0 Å². The molecule has 35 heavy (non-hydrogen) atoms. The Balaban J connectivity index is 1.43. The Morgan fingerprint density at radius 1 is 1.06 bits per heavy atom. The molecule has 0 radical (unpaired) electrons. The number of aryl methyl sites for hydroxylation is 1. The maximum atomic E-state index is 12.3. The number of carboxylic acids is 1. The van der Waals surface area contributed by atoms with Gasteiger partial charge in [0.15, 0.2) is 0 Å². The van der Waals surface area contributed by atoms with Crippen LogP contribution in [0.3, 0.4) is 0 Å². The fourth-order valence-corrected chi connectivity index (χ4v) is 4.68. The molecule has 1 aromatic heterocycles. The number of aliphatic carboxylic acids is 1. The van der Waals surface area contributed by atoms with Crippen LogP contribution in [0.5, 0.6) is 0 Å². The van der Waals surface area contributed by atoms with Crippen LogP contribution in [0.4, 0.5) is 4.79 Å². The van der Waals surface area contributed by atoms with Crippen molar-refractivity contribution in [3.05, 3.63) is 70.6 Å². The highest BCUT2D eigenvalue weighted by Crippen LogP contribution is 2.26. The smallest absolute Gasteiger partial charge is 0.408 e. The van der Waals surface area contributed by atoms with Crippen LogP contribution in [-0.2, 0) is 38.5 Å².